The molecule has 0 unspecified atom stereocenters. The van der Waals surface area contributed by atoms with Crippen molar-refractivity contribution in [3.05, 3.63) is 41.0 Å². The van der Waals surface area contributed by atoms with Crippen LogP contribution in [0.25, 0.3) is 0 Å². The summed E-state index contributed by atoms with van der Waals surface area (Å²) in [6.07, 6.45) is 0. The molecule has 0 aliphatic rings. The van der Waals surface area contributed by atoms with Gasteiger partial charge in [0.05, 0.1) is 0 Å². The first-order valence-corrected chi connectivity index (χ1v) is 6.27. The minimum absolute atomic E-state index is 0.0481. The quantitative estimate of drug-likeness (QED) is 0.808. The average Bonchev–Trinajstić information content (AvgIpc) is 2.36. The fourth-order valence-electron chi connectivity index (χ4n) is 1.67. The number of carbonyl (C=O) groups excluding carboxylic acids is 1. The molecule has 0 saturated carbocycles. The Kier molecular flexibility index (Phi) is 5.46. The number of anilines is 1. The maximum Gasteiger partial charge on any atom is 0.331 e. The lowest BCUT2D eigenvalue weighted by Gasteiger charge is -2.12. The molecule has 0 radical (unpaired) electrons. The molecule has 0 aliphatic heterocycles. The first kappa shape index (κ1) is 15.9. The van der Waals surface area contributed by atoms with Crippen LogP contribution in [0.2, 0.25) is 0 Å². The standard InChI is InChI=1S/C15H20N2O3/c1-10(11(2)15(19)20)14(18)16-13-7-5-6-12(8-13)9-17(3)4/h5-8H,9H2,1-4H3,(H,16,18)(H,19,20). The molecule has 108 valence electrons. The molecule has 1 amide bonds. The van der Waals surface area contributed by atoms with Crippen molar-refractivity contribution in [1.82, 2.24) is 4.90 Å². The Morgan fingerprint density at radius 2 is 1.85 bits per heavy atom. The van der Waals surface area contributed by atoms with E-state index in [1.807, 2.05) is 37.2 Å². The molecule has 0 aliphatic carbocycles. The predicted molar refractivity (Wildman–Crippen MR) is 78.5 cm³/mol. The van der Waals surface area contributed by atoms with Crippen molar-refractivity contribution in [3.63, 3.8) is 0 Å². The Labute approximate surface area is 118 Å². The highest BCUT2D eigenvalue weighted by Crippen LogP contribution is 2.14. The third-order valence-electron chi connectivity index (χ3n) is 2.91. The zero-order chi connectivity index (χ0) is 15.3. The van der Waals surface area contributed by atoms with Gasteiger partial charge in [-0.05, 0) is 45.6 Å². The van der Waals surface area contributed by atoms with Crippen molar-refractivity contribution in [2.45, 2.75) is 20.4 Å². The van der Waals surface area contributed by atoms with E-state index in [1.165, 1.54) is 13.8 Å². The molecule has 0 spiro atoms. The molecule has 20 heavy (non-hydrogen) atoms. The van der Waals surface area contributed by atoms with E-state index in [1.54, 1.807) is 6.07 Å². The predicted octanol–water partition coefficient (Wildman–Crippen LogP) is 2.11. The van der Waals surface area contributed by atoms with Gasteiger partial charge in [-0.3, -0.25) is 4.79 Å². The molecular weight excluding hydrogens is 256 g/mol. The Morgan fingerprint density at radius 3 is 2.40 bits per heavy atom. The zero-order valence-corrected chi connectivity index (χ0v) is 12.2. The van der Waals surface area contributed by atoms with Crippen molar-refractivity contribution in [2.75, 3.05) is 19.4 Å². The molecule has 2 N–H and O–H groups in total. The average molecular weight is 276 g/mol. The molecule has 0 heterocycles. The lowest BCUT2D eigenvalue weighted by atomic mass is 10.1. The molecule has 0 saturated heterocycles. The Hall–Kier alpha value is -2.14. The molecule has 1 aromatic carbocycles. The van der Waals surface area contributed by atoms with Crippen molar-refractivity contribution in [1.29, 1.82) is 0 Å². The topological polar surface area (TPSA) is 69.6 Å². The summed E-state index contributed by atoms with van der Waals surface area (Å²) >= 11 is 0. The van der Waals surface area contributed by atoms with Gasteiger partial charge in [0.2, 0.25) is 0 Å². The number of benzene rings is 1. The van der Waals surface area contributed by atoms with E-state index < -0.39 is 11.9 Å². The van der Waals surface area contributed by atoms with Crippen LogP contribution in [0.3, 0.4) is 0 Å². The number of carbonyl (C=O) groups is 2. The third kappa shape index (κ3) is 4.51. The number of hydrogen-bond acceptors (Lipinski definition) is 3. The van der Waals surface area contributed by atoms with Crippen molar-refractivity contribution in [2.24, 2.45) is 0 Å². The SMILES string of the molecule is CC(C(=O)O)=C(C)C(=O)Nc1cccc(CN(C)C)c1. The monoisotopic (exact) mass is 276 g/mol. The van der Waals surface area contributed by atoms with Crippen molar-refractivity contribution in [3.8, 4) is 0 Å². The Balaban J connectivity index is 2.86. The van der Waals surface area contributed by atoms with Crippen LogP contribution in [0.5, 0.6) is 0 Å². The second kappa shape index (κ2) is 6.86. The first-order chi connectivity index (χ1) is 9.31. The molecular formula is C15H20N2O3. The number of aliphatic carboxylic acids is 1. The molecule has 0 aromatic heterocycles. The van der Waals surface area contributed by atoms with Crippen LogP contribution in [-0.4, -0.2) is 36.0 Å². The summed E-state index contributed by atoms with van der Waals surface area (Å²) in [6.45, 7) is 3.69. The number of rotatable bonds is 5. The maximum atomic E-state index is 11.9. The lowest BCUT2D eigenvalue weighted by molar-refractivity contribution is -0.133. The van der Waals surface area contributed by atoms with Crippen LogP contribution >= 0.6 is 0 Å². The summed E-state index contributed by atoms with van der Waals surface area (Å²) in [6, 6.07) is 7.49. The zero-order valence-electron chi connectivity index (χ0n) is 12.2. The van der Waals surface area contributed by atoms with E-state index in [0.29, 0.717) is 5.69 Å². The number of carboxylic acids is 1. The van der Waals surface area contributed by atoms with Crippen LogP contribution in [0.1, 0.15) is 19.4 Å². The van der Waals surface area contributed by atoms with Crippen LogP contribution in [-0.2, 0) is 16.1 Å². The normalized spacial score (nSPS) is 12.1. The highest BCUT2D eigenvalue weighted by Gasteiger charge is 2.12. The molecule has 1 aromatic rings. The molecule has 1 rings (SSSR count). The van der Waals surface area contributed by atoms with E-state index in [-0.39, 0.29) is 11.1 Å². The highest BCUT2D eigenvalue weighted by molar-refractivity contribution is 6.08. The van der Waals surface area contributed by atoms with Crippen LogP contribution < -0.4 is 5.32 Å². The Bertz CT molecular complexity index is 548. The van der Waals surface area contributed by atoms with Gasteiger partial charge in [0, 0.05) is 23.4 Å². The summed E-state index contributed by atoms with van der Waals surface area (Å²) in [5.74, 6) is -1.48. The van der Waals surface area contributed by atoms with Crippen LogP contribution in [0, 0.1) is 0 Å². The van der Waals surface area contributed by atoms with E-state index in [9.17, 15) is 9.59 Å². The van der Waals surface area contributed by atoms with Gasteiger partial charge in [-0.25, -0.2) is 4.79 Å². The minimum Gasteiger partial charge on any atom is -0.478 e. The Morgan fingerprint density at radius 1 is 1.20 bits per heavy atom. The third-order valence-corrected chi connectivity index (χ3v) is 2.91. The maximum absolute atomic E-state index is 11.9. The van der Waals surface area contributed by atoms with E-state index in [4.69, 9.17) is 5.11 Å². The second-order valence-electron chi connectivity index (χ2n) is 4.95. The summed E-state index contributed by atoms with van der Waals surface area (Å²) in [7, 11) is 3.93. The summed E-state index contributed by atoms with van der Waals surface area (Å²) in [4.78, 5) is 24.8. The first-order valence-electron chi connectivity index (χ1n) is 6.27. The van der Waals surface area contributed by atoms with Gasteiger partial charge in [0.1, 0.15) is 0 Å². The second-order valence-corrected chi connectivity index (χ2v) is 4.95. The fourth-order valence-corrected chi connectivity index (χ4v) is 1.67. The van der Waals surface area contributed by atoms with Crippen LogP contribution in [0.15, 0.2) is 35.4 Å². The van der Waals surface area contributed by atoms with Crippen molar-refractivity contribution < 1.29 is 14.7 Å². The highest BCUT2D eigenvalue weighted by atomic mass is 16.4. The fraction of sp³-hybridized carbons (Fsp3) is 0.333. The van der Waals surface area contributed by atoms with Gasteiger partial charge >= 0.3 is 5.97 Å². The number of hydrogen-bond donors (Lipinski definition) is 2. The number of amides is 1. The van der Waals surface area contributed by atoms with Gasteiger partial charge in [-0.15, -0.1) is 0 Å². The molecule has 0 atom stereocenters. The lowest BCUT2D eigenvalue weighted by Crippen LogP contribution is -2.16. The summed E-state index contributed by atoms with van der Waals surface area (Å²) in [5.41, 5.74) is 1.98. The molecule has 0 fully saturated rings. The van der Waals surface area contributed by atoms with Gasteiger partial charge in [0.25, 0.3) is 5.91 Å². The number of nitrogens with one attached hydrogen (secondary N) is 1. The number of carboxylic acid groups (broad SMARTS) is 1. The van der Waals surface area contributed by atoms with E-state index in [2.05, 4.69) is 5.32 Å². The van der Waals surface area contributed by atoms with Gasteiger partial charge in [-0.1, -0.05) is 12.1 Å². The van der Waals surface area contributed by atoms with Gasteiger partial charge < -0.3 is 15.3 Å². The molecule has 5 nitrogen and oxygen atoms in total. The van der Waals surface area contributed by atoms with Gasteiger partial charge in [-0.2, -0.15) is 0 Å². The summed E-state index contributed by atoms with van der Waals surface area (Å²) in [5, 5.41) is 11.6. The molecule has 0 bridgehead atoms. The smallest absolute Gasteiger partial charge is 0.331 e. The van der Waals surface area contributed by atoms with Gasteiger partial charge in [0.15, 0.2) is 0 Å². The van der Waals surface area contributed by atoms with E-state index in [0.717, 1.165) is 12.1 Å². The minimum atomic E-state index is -1.08. The molecule has 5 heteroatoms. The van der Waals surface area contributed by atoms with Crippen LogP contribution in [0.4, 0.5) is 5.69 Å². The van der Waals surface area contributed by atoms with E-state index >= 15 is 0 Å². The number of nitrogens with zero attached hydrogens (tertiary/aromatic N) is 1. The largest absolute Gasteiger partial charge is 0.478 e. The summed E-state index contributed by atoms with van der Waals surface area (Å²) < 4.78 is 0. The van der Waals surface area contributed by atoms with Crippen molar-refractivity contribution >= 4 is 17.6 Å².